The maximum absolute atomic E-state index is 5.14. The molecule has 0 aliphatic heterocycles. The molecular formula is C15H27N3O. The molecular weight excluding hydrogens is 238 g/mol. The summed E-state index contributed by atoms with van der Waals surface area (Å²) in [4.78, 5) is 0. The van der Waals surface area contributed by atoms with Crippen molar-refractivity contribution < 1.29 is 4.74 Å². The Morgan fingerprint density at radius 2 is 1.95 bits per heavy atom. The van der Waals surface area contributed by atoms with E-state index in [9.17, 15) is 0 Å². The summed E-state index contributed by atoms with van der Waals surface area (Å²) in [5.74, 6) is 2.58. The lowest BCUT2D eigenvalue weighted by Crippen LogP contribution is -2.26. The highest BCUT2D eigenvalue weighted by atomic mass is 16.5. The summed E-state index contributed by atoms with van der Waals surface area (Å²) in [7, 11) is 1.73. The Morgan fingerprint density at radius 3 is 2.53 bits per heavy atom. The summed E-state index contributed by atoms with van der Waals surface area (Å²) in [6, 6.07) is 0. The smallest absolute Gasteiger partial charge is 0.135 e. The lowest BCUT2D eigenvalue weighted by molar-refractivity contribution is 0.163. The Labute approximate surface area is 116 Å². The number of hydrogen-bond donors (Lipinski definition) is 0. The zero-order chi connectivity index (χ0) is 13.9. The first-order chi connectivity index (χ1) is 9.02. The predicted octanol–water partition coefficient (Wildman–Crippen LogP) is 3.24. The molecule has 0 bridgehead atoms. The second kappa shape index (κ2) is 6.04. The van der Waals surface area contributed by atoms with Gasteiger partial charge in [-0.05, 0) is 37.0 Å². The molecule has 0 atom stereocenters. The minimum absolute atomic E-state index is 0.439. The highest BCUT2D eigenvalue weighted by molar-refractivity contribution is 4.99. The van der Waals surface area contributed by atoms with E-state index in [2.05, 4.69) is 35.5 Å². The molecule has 0 N–H and O–H groups in total. The van der Waals surface area contributed by atoms with Gasteiger partial charge in [-0.2, -0.15) is 0 Å². The molecule has 0 amide bonds. The zero-order valence-electron chi connectivity index (χ0n) is 12.7. The fourth-order valence-corrected chi connectivity index (χ4v) is 3.16. The Hall–Kier alpha value is -0.900. The summed E-state index contributed by atoms with van der Waals surface area (Å²) in [6.45, 7) is 8.66. The molecule has 4 heteroatoms. The number of aromatic nitrogens is 3. The average Bonchev–Trinajstić information content (AvgIpc) is 2.83. The standard InChI is InChI=1S/C15H27N3O/c1-15(2,3)13-7-5-12(6-8-13)14-17-16-11-18(14)9-10-19-4/h11-13H,5-10H2,1-4H3. The molecule has 108 valence electrons. The minimum Gasteiger partial charge on any atom is -0.383 e. The van der Waals surface area contributed by atoms with Gasteiger partial charge in [-0.1, -0.05) is 20.8 Å². The molecule has 1 saturated carbocycles. The number of methoxy groups -OCH3 is 1. The summed E-state index contributed by atoms with van der Waals surface area (Å²) in [5.41, 5.74) is 0.439. The van der Waals surface area contributed by atoms with Gasteiger partial charge in [0, 0.05) is 19.6 Å². The van der Waals surface area contributed by atoms with Gasteiger partial charge in [-0.25, -0.2) is 0 Å². The highest BCUT2D eigenvalue weighted by Gasteiger charge is 2.31. The Kier molecular flexibility index (Phi) is 4.61. The maximum atomic E-state index is 5.14. The van der Waals surface area contributed by atoms with Gasteiger partial charge in [0.25, 0.3) is 0 Å². The molecule has 4 nitrogen and oxygen atoms in total. The average molecular weight is 265 g/mol. The van der Waals surface area contributed by atoms with E-state index < -0.39 is 0 Å². The van der Waals surface area contributed by atoms with Crippen molar-refractivity contribution in [3.05, 3.63) is 12.2 Å². The van der Waals surface area contributed by atoms with Crippen molar-refractivity contribution in [1.82, 2.24) is 14.8 Å². The van der Waals surface area contributed by atoms with E-state index in [1.54, 1.807) is 7.11 Å². The van der Waals surface area contributed by atoms with Gasteiger partial charge in [-0.3, -0.25) is 0 Å². The van der Waals surface area contributed by atoms with Crippen molar-refractivity contribution in [2.24, 2.45) is 11.3 Å². The fourth-order valence-electron chi connectivity index (χ4n) is 3.16. The third-order valence-corrected chi connectivity index (χ3v) is 4.50. The van der Waals surface area contributed by atoms with Gasteiger partial charge in [0.2, 0.25) is 0 Å². The SMILES string of the molecule is COCCn1cnnc1C1CCC(C(C)(C)C)CC1. The fraction of sp³-hybridized carbons (Fsp3) is 0.867. The van der Waals surface area contributed by atoms with Crippen LogP contribution >= 0.6 is 0 Å². The van der Waals surface area contributed by atoms with Crippen molar-refractivity contribution in [1.29, 1.82) is 0 Å². The van der Waals surface area contributed by atoms with Crippen LogP contribution in [-0.2, 0) is 11.3 Å². The van der Waals surface area contributed by atoms with Crippen LogP contribution in [0.25, 0.3) is 0 Å². The second-order valence-electron chi connectivity index (χ2n) is 6.79. The first-order valence-electron chi connectivity index (χ1n) is 7.39. The lowest BCUT2D eigenvalue weighted by atomic mass is 9.69. The largest absolute Gasteiger partial charge is 0.383 e. The van der Waals surface area contributed by atoms with Crippen LogP contribution in [0, 0.1) is 11.3 Å². The Morgan fingerprint density at radius 1 is 1.26 bits per heavy atom. The van der Waals surface area contributed by atoms with Crippen LogP contribution in [-0.4, -0.2) is 28.5 Å². The van der Waals surface area contributed by atoms with Crippen molar-refractivity contribution in [2.75, 3.05) is 13.7 Å². The third kappa shape index (κ3) is 3.56. The van der Waals surface area contributed by atoms with Crippen LogP contribution in [0.5, 0.6) is 0 Å². The molecule has 0 saturated heterocycles. The van der Waals surface area contributed by atoms with E-state index in [0.29, 0.717) is 11.3 Å². The number of rotatable bonds is 4. The number of nitrogens with zero attached hydrogens (tertiary/aromatic N) is 3. The maximum Gasteiger partial charge on any atom is 0.135 e. The van der Waals surface area contributed by atoms with Gasteiger partial charge in [-0.15, -0.1) is 10.2 Å². The minimum atomic E-state index is 0.439. The van der Waals surface area contributed by atoms with E-state index in [1.165, 1.54) is 25.7 Å². The van der Waals surface area contributed by atoms with E-state index >= 15 is 0 Å². The van der Waals surface area contributed by atoms with Crippen LogP contribution in [0.1, 0.15) is 58.2 Å². The molecule has 0 radical (unpaired) electrons. The normalized spacial score (nSPS) is 24.6. The third-order valence-electron chi connectivity index (χ3n) is 4.50. The van der Waals surface area contributed by atoms with E-state index in [1.807, 2.05) is 6.33 Å². The summed E-state index contributed by atoms with van der Waals surface area (Å²) < 4.78 is 7.30. The molecule has 1 aliphatic carbocycles. The molecule has 1 fully saturated rings. The monoisotopic (exact) mass is 265 g/mol. The first-order valence-corrected chi connectivity index (χ1v) is 7.39. The lowest BCUT2D eigenvalue weighted by Gasteiger charge is -2.36. The number of hydrogen-bond acceptors (Lipinski definition) is 3. The van der Waals surface area contributed by atoms with E-state index in [4.69, 9.17) is 4.74 Å². The second-order valence-corrected chi connectivity index (χ2v) is 6.79. The van der Waals surface area contributed by atoms with Gasteiger partial charge in [0.1, 0.15) is 12.2 Å². The molecule has 2 rings (SSSR count). The van der Waals surface area contributed by atoms with Crippen LogP contribution in [0.15, 0.2) is 6.33 Å². The molecule has 0 aromatic carbocycles. The molecule has 0 unspecified atom stereocenters. The van der Waals surface area contributed by atoms with Gasteiger partial charge in [0.15, 0.2) is 0 Å². The molecule has 19 heavy (non-hydrogen) atoms. The summed E-state index contributed by atoms with van der Waals surface area (Å²) >= 11 is 0. The van der Waals surface area contributed by atoms with Crippen LogP contribution in [0.3, 0.4) is 0 Å². The van der Waals surface area contributed by atoms with Crippen molar-refractivity contribution >= 4 is 0 Å². The molecule has 1 heterocycles. The molecule has 1 aromatic heterocycles. The summed E-state index contributed by atoms with van der Waals surface area (Å²) in [6.07, 6.45) is 6.95. The molecule has 1 aliphatic rings. The zero-order valence-corrected chi connectivity index (χ0v) is 12.7. The van der Waals surface area contributed by atoms with Crippen molar-refractivity contribution in [3.8, 4) is 0 Å². The van der Waals surface area contributed by atoms with Crippen molar-refractivity contribution in [3.63, 3.8) is 0 Å². The van der Waals surface area contributed by atoms with Crippen LogP contribution in [0.2, 0.25) is 0 Å². The molecule has 0 spiro atoms. The molecule has 1 aromatic rings. The van der Waals surface area contributed by atoms with Gasteiger partial charge >= 0.3 is 0 Å². The summed E-state index contributed by atoms with van der Waals surface area (Å²) in [5, 5.41) is 8.41. The Balaban J connectivity index is 1.96. The predicted molar refractivity (Wildman–Crippen MR) is 76.1 cm³/mol. The first kappa shape index (κ1) is 14.5. The van der Waals surface area contributed by atoms with Gasteiger partial charge < -0.3 is 9.30 Å². The van der Waals surface area contributed by atoms with E-state index in [-0.39, 0.29) is 0 Å². The van der Waals surface area contributed by atoms with Crippen molar-refractivity contribution in [2.45, 2.75) is 58.9 Å². The van der Waals surface area contributed by atoms with Crippen LogP contribution in [0.4, 0.5) is 0 Å². The Bertz CT molecular complexity index is 386. The quantitative estimate of drug-likeness (QED) is 0.839. The van der Waals surface area contributed by atoms with Crippen LogP contribution < -0.4 is 0 Å². The topological polar surface area (TPSA) is 39.9 Å². The van der Waals surface area contributed by atoms with Gasteiger partial charge in [0.05, 0.1) is 6.61 Å². The highest BCUT2D eigenvalue weighted by Crippen LogP contribution is 2.42. The van der Waals surface area contributed by atoms with E-state index in [0.717, 1.165) is 24.9 Å². The number of ether oxygens (including phenoxy) is 1.